The first-order chi connectivity index (χ1) is 8.67. The van der Waals surface area contributed by atoms with E-state index in [1.807, 2.05) is 20.2 Å². The lowest BCUT2D eigenvalue weighted by Crippen LogP contribution is -2.38. The SMILES string of the molecule is CCCC=NC(=NC)C1=CCN(CC(C)N)CC1. The topological polar surface area (TPSA) is 54.0 Å². The smallest absolute Gasteiger partial charge is 0.149 e. The maximum absolute atomic E-state index is 5.82. The van der Waals surface area contributed by atoms with Crippen LogP contribution in [-0.4, -0.2) is 49.7 Å². The van der Waals surface area contributed by atoms with Gasteiger partial charge in [0.15, 0.2) is 0 Å². The van der Waals surface area contributed by atoms with Gasteiger partial charge in [0, 0.05) is 38.9 Å². The molecule has 0 saturated heterocycles. The fraction of sp³-hybridized carbons (Fsp3) is 0.714. The Bertz CT molecular complexity index is 329. The summed E-state index contributed by atoms with van der Waals surface area (Å²) < 4.78 is 0. The zero-order chi connectivity index (χ0) is 13.4. The van der Waals surface area contributed by atoms with Crippen molar-refractivity contribution in [3.63, 3.8) is 0 Å². The van der Waals surface area contributed by atoms with Crippen molar-refractivity contribution in [3.05, 3.63) is 11.6 Å². The van der Waals surface area contributed by atoms with Crippen LogP contribution in [0.2, 0.25) is 0 Å². The highest BCUT2D eigenvalue weighted by atomic mass is 15.1. The van der Waals surface area contributed by atoms with Crippen LogP contribution in [0.5, 0.6) is 0 Å². The monoisotopic (exact) mass is 250 g/mol. The second-order valence-corrected chi connectivity index (χ2v) is 4.86. The molecule has 18 heavy (non-hydrogen) atoms. The molecule has 0 aromatic carbocycles. The Morgan fingerprint density at radius 3 is 2.89 bits per heavy atom. The summed E-state index contributed by atoms with van der Waals surface area (Å²) in [4.78, 5) is 11.1. The van der Waals surface area contributed by atoms with Crippen LogP contribution in [0.25, 0.3) is 0 Å². The van der Waals surface area contributed by atoms with E-state index in [0.29, 0.717) is 0 Å². The molecule has 2 N–H and O–H groups in total. The van der Waals surface area contributed by atoms with Gasteiger partial charge in [0.25, 0.3) is 0 Å². The summed E-state index contributed by atoms with van der Waals surface area (Å²) in [5, 5.41) is 0. The molecule has 0 aliphatic carbocycles. The second kappa shape index (κ2) is 8.16. The molecule has 1 atom stereocenters. The average molecular weight is 250 g/mol. The van der Waals surface area contributed by atoms with Gasteiger partial charge in [-0.1, -0.05) is 19.4 Å². The number of nitrogens with two attached hydrogens (primary N) is 1. The summed E-state index contributed by atoms with van der Waals surface area (Å²) in [5.41, 5.74) is 7.08. The molecule has 4 heteroatoms. The molecule has 0 saturated carbocycles. The van der Waals surface area contributed by atoms with Gasteiger partial charge in [-0.3, -0.25) is 9.89 Å². The van der Waals surface area contributed by atoms with Gasteiger partial charge in [-0.25, -0.2) is 4.99 Å². The van der Waals surface area contributed by atoms with E-state index in [9.17, 15) is 0 Å². The Kier molecular flexibility index (Phi) is 6.83. The molecule has 0 amide bonds. The quantitative estimate of drug-likeness (QED) is 0.598. The Morgan fingerprint density at radius 1 is 1.61 bits per heavy atom. The molecule has 1 rings (SSSR count). The van der Waals surface area contributed by atoms with Crippen LogP contribution in [0.15, 0.2) is 21.6 Å². The molecular weight excluding hydrogens is 224 g/mol. The highest BCUT2D eigenvalue weighted by Crippen LogP contribution is 2.13. The van der Waals surface area contributed by atoms with Gasteiger partial charge in [0.1, 0.15) is 5.84 Å². The number of aliphatic imine (C=N–C) groups is 2. The van der Waals surface area contributed by atoms with Crippen molar-refractivity contribution in [1.82, 2.24) is 4.90 Å². The van der Waals surface area contributed by atoms with Crippen LogP contribution in [0.4, 0.5) is 0 Å². The normalized spacial score (nSPS) is 20.2. The molecule has 0 aromatic rings. The van der Waals surface area contributed by atoms with Crippen molar-refractivity contribution < 1.29 is 0 Å². The van der Waals surface area contributed by atoms with Crippen LogP contribution in [0, 0.1) is 0 Å². The molecule has 0 bridgehead atoms. The first-order valence-corrected chi connectivity index (χ1v) is 6.84. The predicted octanol–water partition coefficient (Wildman–Crippen LogP) is 1.86. The molecule has 1 aliphatic rings. The van der Waals surface area contributed by atoms with E-state index >= 15 is 0 Å². The van der Waals surface area contributed by atoms with Gasteiger partial charge in [-0.2, -0.15) is 0 Å². The third-order valence-corrected chi connectivity index (χ3v) is 2.97. The standard InChI is InChI=1S/C14H26N4/c1-4-5-8-17-14(16-3)13-6-9-18(10-7-13)11-12(2)15/h6,8,12H,4-5,7,9-11,15H2,1-3H3. The molecule has 0 spiro atoms. The van der Waals surface area contributed by atoms with Crippen molar-refractivity contribution in [3.8, 4) is 0 Å². The van der Waals surface area contributed by atoms with Gasteiger partial charge in [-0.15, -0.1) is 0 Å². The number of nitrogens with zero attached hydrogens (tertiary/aromatic N) is 3. The summed E-state index contributed by atoms with van der Waals surface area (Å²) in [6.45, 7) is 7.17. The Morgan fingerprint density at radius 2 is 2.39 bits per heavy atom. The zero-order valence-corrected chi connectivity index (χ0v) is 11.9. The molecule has 1 heterocycles. The highest BCUT2D eigenvalue weighted by molar-refractivity contribution is 6.02. The fourth-order valence-electron chi connectivity index (χ4n) is 2.05. The minimum Gasteiger partial charge on any atom is -0.327 e. The van der Waals surface area contributed by atoms with E-state index in [1.165, 1.54) is 5.57 Å². The number of rotatable bonds is 5. The van der Waals surface area contributed by atoms with Crippen molar-refractivity contribution in [1.29, 1.82) is 0 Å². The number of hydrogen-bond acceptors (Lipinski definition) is 3. The molecule has 4 nitrogen and oxygen atoms in total. The molecule has 0 radical (unpaired) electrons. The van der Waals surface area contributed by atoms with Gasteiger partial charge < -0.3 is 5.73 Å². The maximum atomic E-state index is 5.82. The number of unbranched alkanes of at least 4 members (excludes halogenated alkanes) is 1. The lowest BCUT2D eigenvalue weighted by atomic mass is 10.1. The van der Waals surface area contributed by atoms with E-state index < -0.39 is 0 Å². The van der Waals surface area contributed by atoms with Crippen LogP contribution in [0.1, 0.15) is 33.1 Å². The number of hydrogen-bond donors (Lipinski definition) is 1. The maximum Gasteiger partial charge on any atom is 0.149 e. The average Bonchev–Trinajstić information content (AvgIpc) is 2.35. The molecule has 1 unspecified atom stereocenters. The van der Waals surface area contributed by atoms with E-state index in [-0.39, 0.29) is 6.04 Å². The van der Waals surface area contributed by atoms with Crippen LogP contribution < -0.4 is 5.73 Å². The lowest BCUT2D eigenvalue weighted by molar-refractivity contribution is 0.282. The molecule has 1 aliphatic heterocycles. The van der Waals surface area contributed by atoms with E-state index in [1.54, 1.807) is 0 Å². The molecule has 0 aromatic heterocycles. The van der Waals surface area contributed by atoms with Crippen molar-refractivity contribution in [2.75, 3.05) is 26.7 Å². The summed E-state index contributed by atoms with van der Waals surface area (Å²) in [6.07, 6.45) is 7.36. The van der Waals surface area contributed by atoms with Gasteiger partial charge in [0.05, 0.1) is 0 Å². The predicted molar refractivity (Wildman–Crippen MR) is 79.5 cm³/mol. The van der Waals surface area contributed by atoms with Gasteiger partial charge in [0.2, 0.25) is 0 Å². The summed E-state index contributed by atoms with van der Waals surface area (Å²) in [5.74, 6) is 0.892. The van der Waals surface area contributed by atoms with Crippen molar-refractivity contribution in [2.45, 2.75) is 39.2 Å². The first kappa shape index (κ1) is 15.1. The summed E-state index contributed by atoms with van der Waals surface area (Å²) in [6, 6.07) is 0.238. The number of amidine groups is 1. The van der Waals surface area contributed by atoms with E-state index in [2.05, 4.69) is 27.9 Å². The lowest BCUT2D eigenvalue weighted by Gasteiger charge is -2.27. The minimum absolute atomic E-state index is 0.238. The Labute approximate surface area is 111 Å². The first-order valence-electron chi connectivity index (χ1n) is 6.84. The summed E-state index contributed by atoms with van der Waals surface area (Å²) in [7, 11) is 1.81. The largest absolute Gasteiger partial charge is 0.327 e. The van der Waals surface area contributed by atoms with Crippen LogP contribution in [-0.2, 0) is 0 Å². The second-order valence-electron chi connectivity index (χ2n) is 4.86. The highest BCUT2D eigenvalue weighted by Gasteiger charge is 2.15. The van der Waals surface area contributed by atoms with Gasteiger partial charge in [-0.05, 0) is 25.3 Å². The van der Waals surface area contributed by atoms with Crippen molar-refractivity contribution in [2.24, 2.45) is 15.7 Å². The van der Waals surface area contributed by atoms with E-state index in [0.717, 1.165) is 44.7 Å². The third-order valence-electron chi connectivity index (χ3n) is 2.97. The van der Waals surface area contributed by atoms with Gasteiger partial charge >= 0.3 is 0 Å². The van der Waals surface area contributed by atoms with Crippen LogP contribution >= 0.6 is 0 Å². The van der Waals surface area contributed by atoms with E-state index in [4.69, 9.17) is 5.73 Å². The fourth-order valence-corrected chi connectivity index (χ4v) is 2.05. The zero-order valence-electron chi connectivity index (χ0n) is 11.9. The van der Waals surface area contributed by atoms with Crippen LogP contribution in [0.3, 0.4) is 0 Å². The molecular formula is C14H26N4. The third kappa shape index (κ3) is 5.10. The Hall–Kier alpha value is -1.00. The molecule has 102 valence electrons. The summed E-state index contributed by atoms with van der Waals surface area (Å²) >= 11 is 0. The van der Waals surface area contributed by atoms with Crippen molar-refractivity contribution >= 4 is 12.1 Å². The molecule has 0 fully saturated rings. The minimum atomic E-state index is 0.238. The Balaban J connectivity index is 2.54.